The van der Waals surface area contributed by atoms with Crippen LogP contribution in [0, 0.1) is 13.8 Å². The molecule has 1 aliphatic heterocycles. The standard InChI is InChI=1S/C23H30N2O3S/c1-18-8-6-9-20(16-18)10-7-13-24-23(26)22-17-21(12-11-19(22)2)29(27,28)25-14-4-3-5-15-25/h6,8-9,11-12,16-17H,3-5,7,10,13-15H2,1-2H3,(H,24,26). The van der Waals surface area contributed by atoms with Gasteiger partial charge in [-0.15, -0.1) is 0 Å². The van der Waals surface area contributed by atoms with Crippen LogP contribution in [0.5, 0.6) is 0 Å². The number of aryl methyl sites for hydroxylation is 3. The summed E-state index contributed by atoms with van der Waals surface area (Å²) >= 11 is 0. The molecule has 156 valence electrons. The Morgan fingerprint density at radius 2 is 1.79 bits per heavy atom. The average Bonchev–Trinajstić information content (AvgIpc) is 2.72. The Morgan fingerprint density at radius 1 is 1.03 bits per heavy atom. The number of nitrogens with one attached hydrogen (secondary N) is 1. The summed E-state index contributed by atoms with van der Waals surface area (Å²) in [5.41, 5.74) is 3.69. The minimum Gasteiger partial charge on any atom is -0.352 e. The fourth-order valence-corrected chi connectivity index (χ4v) is 5.26. The van der Waals surface area contributed by atoms with Gasteiger partial charge in [-0.1, -0.05) is 42.3 Å². The fraction of sp³-hybridized carbons (Fsp3) is 0.435. The van der Waals surface area contributed by atoms with Crippen molar-refractivity contribution in [1.29, 1.82) is 0 Å². The molecule has 1 aliphatic rings. The van der Waals surface area contributed by atoms with E-state index in [4.69, 9.17) is 0 Å². The molecule has 3 rings (SSSR count). The molecular formula is C23H30N2O3S. The molecule has 0 aromatic heterocycles. The zero-order valence-electron chi connectivity index (χ0n) is 17.3. The Balaban J connectivity index is 1.63. The van der Waals surface area contributed by atoms with Crippen molar-refractivity contribution in [2.75, 3.05) is 19.6 Å². The van der Waals surface area contributed by atoms with E-state index in [0.717, 1.165) is 37.7 Å². The molecule has 1 N–H and O–H groups in total. The lowest BCUT2D eigenvalue weighted by atomic mass is 10.1. The molecule has 1 heterocycles. The van der Waals surface area contributed by atoms with Crippen LogP contribution in [0.3, 0.4) is 0 Å². The molecule has 0 saturated carbocycles. The molecule has 1 saturated heterocycles. The van der Waals surface area contributed by atoms with Crippen LogP contribution in [0.4, 0.5) is 0 Å². The molecule has 1 amide bonds. The molecule has 0 atom stereocenters. The number of benzene rings is 2. The van der Waals surface area contributed by atoms with E-state index in [1.165, 1.54) is 21.5 Å². The second-order valence-electron chi connectivity index (χ2n) is 7.79. The highest BCUT2D eigenvalue weighted by Crippen LogP contribution is 2.23. The monoisotopic (exact) mass is 414 g/mol. The Hall–Kier alpha value is -2.18. The second kappa shape index (κ2) is 9.55. The normalized spacial score (nSPS) is 15.2. The van der Waals surface area contributed by atoms with E-state index in [1.54, 1.807) is 12.1 Å². The molecule has 5 nitrogen and oxygen atoms in total. The van der Waals surface area contributed by atoms with Crippen molar-refractivity contribution < 1.29 is 13.2 Å². The summed E-state index contributed by atoms with van der Waals surface area (Å²) in [5.74, 6) is -0.220. The minimum absolute atomic E-state index is 0.204. The van der Waals surface area contributed by atoms with Crippen LogP contribution in [0.1, 0.15) is 52.7 Å². The molecule has 0 bridgehead atoms. The van der Waals surface area contributed by atoms with Crippen LogP contribution in [0.2, 0.25) is 0 Å². The van der Waals surface area contributed by atoms with Gasteiger partial charge in [0.1, 0.15) is 0 Å². The van der Waals surface area contributed by atoms with E-state index in [9.17, 15) is 13.2 Å². The van der Waals surface area contributed by atoms with Crippen LogP contribution in [0.15, 0.2) is 47.4 Å². The minimum atomic E-state index is -3.55. The molecule has 6 heteroatoms. The van der Waals surface area contributed by atoms with Crippen LogP contribution < -0.4 is 5.32 Å². The zero-order valence-corrected chi connectivity index (χ0v) is 18.1. The molecule has 0 spiro atoms. The van der Waals surface area contributed by atoms with Crippen molar-refractivity contribution in [2.45, 2.75) is 50.8 Å². The maximum Gasteiger partial charge on any atom is 0.251 e. The molecule has 2 aromatic rings. The van der Waals surface area contributed by atoms with Crippen molar-refractivity contribution in [3.63, 3.8) is 0 Å². The van der Waals surface area contributed by atoms with Crippen molar-refractivity contribution in [2.24, 2.45) is 0 Å². The number of hydrogen-bond donors (Lipinski definition) is 1. The fourth-order valence-electron chi connectivity index (χ4n) is 3.72. The number of piperidine rings is 1. The topological polar surface area (TPSA) is 66.5 Å². The van der Waals surface area contributed by atoms with Crippen LogP contribution in [0.25, 0.3) is 0 Å². The average molecular weight is 415 g/mol. The quantitative estimate of drug-likeness (QED) is 0.700. The Bertz CT molecular complexity index is 964. The van der Waals surface area contributed by atoms with Gasteiger partial charge in [0.15, 0.2) is 0 Å². The van der Waals surface area contributed by atoms with Gasteiger partial charge in [0.25, 0.3) is 5.91 Å². The van der Waals surface area contributed by atoms with E-state index in [0.29, 0.717) is 25.2 Å². The molecule has 0 aliphatic carbocycles. The lowest BCUT2D eigenvalue weighted by molar-refractivity contribution is 0.0952. The van der Waals surface area contributed by atoms with Gasteiger partial charge in [0.05, 0.1) is 4.90 Å². The van der Waals surface area contributed by atoms with Gasteiger partial charge in [-0.3, -0.25) is 4.79 Å². The number of sulfonamides is 1. The first kappa shape index (κ1) is 21.5. The number of amides is 1. The lowest BCUT2D eigenvalue weighted by Gasteiger charge is -2.26. The van der Waals surface area contributed by atoms with E-state index >= 15 is 0 Å². The summed E-state index contributed by atoms with van der Waals surface area (Å²) in [6, 6.07) is 13.2. The lowest BCUT2D eigenvalue weighted by Crippen LogP contribution is -2.35. The predicted molar refractivity (Wildman–Crippen MR) is 116 cm³/mol. The van der Waals surface area contributed by atoms with Gasteiger partial charge < -0.3 is 5.32 Å². The number of hydrogen-bond acceptors (Lipinski definition) is 3. The summed E-state index contributed by atoms with van der Waals surface area (Å²) in [6.45, 7) is 5.56. The van der Waals surface area contributed by atoms with Crippen molar-refractivity contribution in [3.05, 3.63) is 64.7 Å². The highest BCUT2D eigenvalue weighted by atomic mass is 32.2. The predicted octanol–water partition coefficient (Wildman–Crippen LogP) is 3.84. The third-order valence-corrected chi connectivity index (χ3v) is 7.31. The summed E-state index contributed by atoms with van der Waals surface area (Å²) < 4.78 is 27.4. The molecule has 0 unspecified atom stereocenters. The second-order valence-corrected chi connectivity index (χ2v) is 9.73. The first-order chi connectivity index (χ1) is 13.9. The van der Waals surface area contributed by atoms with Gasteiger partial charge in [-0.2, -0.15) is 4.31 Å². The third-order valence-electron chi connectivity index (χ3n) is 5.42. The molecular weight excluding hydrogens is 384 g/mol. The van der Waals surface area contributed by atoms with Gasteiger partial charge >= 0.3 is 0 Å². The van der Waals surface area contributed by atoms with Gasteiger partial charge in [0.2, 0.25) is 10.0 Å². The maximum absolute atomic E-state index is 12.9. The number of rotatable bonds is 7. The van der Waals surface area contributed by atoms with Crippen molar-refractivity contribution >= 4 is 15.9 Å². The summed E-state index contributed by atoms with van der Waals surface area (Å²) in [7, 11) is -3.55. The van der Waals surface area contributed by atoms with Crippen molar-refractivity contribution in [1.82, 2.24) is 9.62 Å². The first-order valence-corrected chi connectivity index (χ1v) is 11.8. The highest BCUT2D eigenvalue weighted by Gasteiger charge is 2.27. The van der Waals surface area contributed by atoms with Crippen molar-refractivity contribution in [3.8, 4) is 0 Å². The molecule has 0 radical (unpaired) electrons. The Kier molecular flexibility index (Phi) is 7.09. The first-order valence-electron chi connectivity index (χ1n) is 10.3. The summed E-state index contributed by atoms with van der Waals surface area (Å²) in [4.78, 5) is 12.9. The molecule has 29 heavy (non-hydrogen) atoms. The SMILES string of the molecule is Cc1cccc(CCCNC(=O)c2cc(S(=O)(=O)N3CCCCC3)ccc2C)c1. The number of carbonyl (C=O) groups is 1. The summed E-state index contributed by atoms with van der Waals surface area (Å²) in [5, 5.41) is 2.94. The molecule has 2 aromatic carbocycles. The van der Waals surface area contributed by atoms with E-state index < -0.39 is 10.0 Å². The number of nitrogens with zero attached hydrogens (tertiary/aromatic N) is 1. The third kappa shape index (κ3) is 5.46. The summed E-state index contributed by atoms with van der Waals surface area (Å²) in [6.07, 6.45) is 4.57. The van der Waals surface area contributed by atoms with Gasteiger partial charge in [-0.25, -0.2) is 8.42 Å². The molecule has 1 fully saturated rings. The maximum atomic E-state index is 12.9. The Labute approximate surface area is 174 Å². The smallest absolute Gasteiger partial charge is 0.251 e. The zero-order chi connectivity index (χ0) is 20.9. The van der Waals surface area contributed by atoms with Crippen LogP contribution in [-0.2, 0) is 16.4 Å². The van der Waals surface area contributed by atoms with Gasteiger partial charge in [-0.05, 0) is 62.8 Å². The largest absolute Gasteiger partial charge is 0.352 e. The van der Waals surface area contributed by atoms with E-state index in [1.807, 2.05) is 13.0 Å². The number of carbonyl (C=O) groups excluding carboxylic acids is 1. The van der Waals surface area contributed by atoms with Gasteiger partial charge in [0, 0.05) is 25.2 Å². The highest BCUT2D eigenvalue weighted by molar-refractivity contribution is 7.89. The van der Waals surface area contributed by atoms with Crippen LogP contribution >= 0.6 is 0 Å². The van der Waals surface area contributed by atoms with Crippen LogP contribution in [-0.4, -0.2) is 38.3 Å². The Morgan fingerprint density at radius 3 is 2.52 bits per heavy atom. The van der Waals surface area contributed by atoms with E-state index in [2.05, 4.69) is 30.4 Å². The van der Waals surface area contributed by atoms with E-state index in [-0.39, 0.29) is 10.8 Å².